The minimum Gasteiger partial charge on any atom is -0.376 e. The van der Waals surface area contributed by atoms with Gasteiger partial charge in [0.2, 0.25) is 0 Å². The molecule has 1 atom stereocenters. The molecular formula is C15H15BrClN3O. The van der Waals surface area contributed by atoms with Gasteiger partial charge in [-0.2, -0.15) is 5.10 Å². The van der Waals surface area contributed by atoms with E-state index in [1.54, 1.807) is 12.3 Å². The number of hydrogen-bond acceptors (Lipinski definition) is 3. The molecule has 1 N–H and O–H groups in total. The fourth-order valence-electron chi connectivity index (χ4n) is 1.96. The Kier molecular flexibility index (Phi) is 5.20. The van der Waals surface area contributed by atoms with E-state index < -0.39 is 0 Å². The van der Waals surface area contributed by atoms with E-state index in [0.29, 0.717) is 21.7 Å². The van der Waals surface area contributed by atoms with Gasteiger partial charge in [-0.1, -0.05) is 35.9 Å². The summed E-state index contributed by atoms with van der Waals surface area (Å²) in [7, 11) is 0. The van der Waals surface area contributed by atoms with Gasteiger partial charge >= 0.3 is 0 Å². The van der Waals surface area contributed by atoms with Crippen molar-refractivity contribution in [1.82, 2.24) is 9.78 Å². The predicted octanol–water partition coefficient (Wildman–Crippen LogP) is 4.02. The largest absolute Gasteiger partial charge is 0.376 e. The molecule has 0 fully saturated rings. The van der Waals surface area contributed by atoms with Crippen molar-refractivity contribution in [1.29, 1.82) is 0 Å². The van der Waals surface area contributed by atoms with Gasteiger partial charge in [0.05, 0.1) is 24.5 Å². The first-order valence-corrected chi connectivity index (χ1v) is 7.59. The number of aromatic nitrogens is 2. The van der Waals surface area contributed by atoms with Crippen LogP contribution in [0.25, 0.3) is 0 Å². The quantitative estimate of drug-likeness (QED) is 0.811. The molecule has 1 heterocycles. The van der Waals surface area contributed by atoms with Crippen LogP contribution in [0.2, 0.25) is 5.02 Å². The first-order valence-electron chi connectivity index (χ1n) is 6.42. The van der Waals surface area contributed by atoms with Crippen molar-refractivity contribution in [2.45, 2.75) is 19.5 Å². The van der Waals surface area contributed by atoms with Crippen molar-refractivity contribution in [2.75, 3.05) is 5.32 Å². The molecule has 0 radical (unpaired) electrons. The molecule has 6 heteroatoms. The third-order valence-corrected chi connectivity index (χ3v) is 4.14. The molecule has 110 valence electrons. The van der Waals surface area contributed by atoms with Gasteiger partial charge in [-0.05, 0) is 34.5 Å². The summed E-state index contributed by atoms with van der Waals surface area (Å²) in [5, 5.41) is 8.03. The van der Waals surface area contributed by atoms with Crippen LogP contribution in [0.1, 0.15) is 18.5 Å². The highest BCUT2D eigenvalue weighted by Gasteiger charge is 2.13. The maximum atomic E-state index is 12.1. The summed E-state index contributed by atoms with van der Waals surface area (Å²) in [6.07, 6.45) is 3.24. The molecule has 0 aliphatic heterocycles. The Bertz CT molecular complexity index is 714. The number of hydrogen-bond donors (Lipinski definition) is 1. The van der Waals surface area contributed by atoms with Crippen molar-refractivity contribution < 1.29 is 0 Å². The molecule has 0 aliphatic rings. The monoisotopic (exact) mass is 367 g/mol. The maximum absolute atomic E-state index is 12.1. The fourth-order valence-corrected chi connectivity index (χ4v) is 2.68. The predicted molar refractivity (Wildman–Crippen MR) is 89.9 cm³/mol. The van der Waals surface area contributed by atoms with E-state index in [9.17, 15) is 4.79 Å². The van der Waals surface area contributed by atoms with Gasteiger partial charge in [-0.15, -0.1) is 6.58 Å². The van der Waals surface area contributed by atoms with Crippen LogP contribution in [0.3, 0.4) is 0 Å². The van der Waals surface area contributed by atoms with E-state index in [2.05, 4.69) is 32.9 Å². The molecule has 0 saturated carbocycles. The second-order valence-corrected chi connectivity index (χ2v) is 5.74. The summed E-state index contributed by atoms with van der Waals surface area (Å²) in [6.45, 7) is 5.95. The number of allylic oxidation sites excluding steroid dienone is 1. The fraction of sp³-hybridized carbons (Fsp3) is 0.200. The van der Waals surface area contributed by atoms with E-state index in [1.807, 2.05) is 31.2 Å². The lowest BCUT2D eigenvalue weighted by Gasteiger charge is -2.18. The van der Waals surface area contributed by atoms with Crippen LogP contribution in [0.15, 0.2) is 52.4 Å². The Morgan fingerprint density at radius 2 is 2.24 bits per heavy atom. The Hall–Kier alpha value is -1.59. The Labute approximate surface area is 136 Å². The molecule has 0 bridgehead atoms. The van der Waals surface area contributed by atoms with Crippen LogP contribution < -0.4 is 10.9 Å². The smallest absolute Gasteiger partial charge is 0.283 e. The van der Waals surface area contributed by atoms with Gasteiger partial charge in [-0.25, -0.2) is 4.68 Å². The zero-order chi connectivity index (χ0) is 15.4. The highest BCUT2D eigenvalue weighted by Crippen LogP contribution is 2.27. The molecule has 0 saturated heterocycles. The summed E-state index contributed by atoms with van der Waals surface area (Å²) >= 11 is 9.50. The van der Waals surface area contributed by atoms with E-state index in [0.717, 1.165) is 5.56 Å². The van der Waals surface area contributed by atoms with Crippen molar-refractivity contribution in [2.24, 2.45) is 0 Å². The molecule has 2 aromatic rings. The molecule has 4 nitrogen and oxygen atoms in total. The molecule has 1 unspecified atom stereocenters. The van der Waals surface area contributed by atoms with Gasteiger partial charge in [0.1, 0.15) is 4.47 Å². The first kappa shape index (κ1) is 15.8. The SMILES string of the molecule is C=CCn1ncc(NC(C)c2ccccc2Cl)c(Br)c1=O. The zero-order valence-electron chi connectivity index (χ0n) is 11.5. The Balaban J connectivity index is 2.28. The van der Waals surface area contributed by atoms with Crippen molar-refractivity contribution >= 4 is 33.2 Å². The van der Waals surface area contributed by atoms with Crippen LogP contribution in [-0.2, 0) is 6.54 Å². The Morgan fingerprint density at radius 3 is 2.90 bits per heavy atom. The first-order chi connectivity index (χ1) is 10.0. The lowest BCUT2D eigenvalue weighted by atomic mass is 10.1. The average Bonchev–Trinajstić information content (AvgIpc) is 2.47. The number of nitrogens with one attached hydrogen (secondary N) is 1. The van der Waals surface area contributed by atoms with Gasteiger partial charge in [0, 0.05) is 5.02 Å². The van der Waals surface area contributed by atoms with Crippen LogP contribution in [-0.4, -0.2) is 9.78 Å². The standard InChI is InChI=1S/C15H15BrClN3O/c1-3-8-20-15(21)14(16)13(9-18-20)19-10(2)11-6-4-5-7-12(11)17/h3-7,9-10,19H,1,8H2,2H3. The highest BCUT2D eigenvalue weighted by molar-refractivity contribution is 9.10. The number of benzene rings is 1. The van der Waals surface area contributed by atoms with Crippen molar-refractivity contribution in [3.63, 3.8) is 0 Å². The summed E-state index contributed by atoms with van der Waals surface area (Å²) in [5.74, 6) is 0. The van der Waals surface area contributed by atoms with Crippen LogP contribution in [0.4, 0.5) is 5.69 Å². The topological polar surface area (TPSA) is 46.9 Å². The highest BCUT2D eigenvalue weighted by atomic mass is 79.9. The van der Waals surface area contributed by atoms with Crippen LogP contribution in [0.5, 0.6) is 0 Å². The van der Waals surface area contributed by atoms with E-state index >= 15 is 0 Å². The van der Waals surface area contributed by atoms with Crippen molar-refractivity contribution in [3.8, 4) is 0 Å². The maximum Gasteiger partial charge on any atom is 0.283 e. The van der Waals surface area contributed by atoms with Gasteiger partial charge in [-0.3, -0.25) is 4.79 Å². The van der Waals surface area contributed by atoms with Gasteiger partial charge in [0.25, 0.3) is 5.56 Å². The normalized spacial score (nSPS) is 12.0. The number of rotatable bonds is 5. The summed E-state index contributed by atoms with van der Waals surface area (Å²) < 4.78 is 1.78. The van der Waals surface area contributed by atoms with E-state index in [-0.39, 0.29) is 11.6 Å². The molecule has 1 aromatic carbocycles. The minimum atomic E-state index is -0.203. The van der Waals surface area contributed by atoms with E-state index in [1.165, 1.54) is 4.68 Å². The minimum absolute atomic E-state index is 0.0496. The third kappa shape index (κ3) is 3.54. The summed E-state index contributed by atoms with van der Waals surface area (Å²) in [6, 6.07) is 7.54. The molecule has 21 heavy (non-hydrogen) atoms. The van der Waals surface area contributed by atoms with Gasteiger partial charge in [0.15, 0.2) is 0 Å². The Morgan fingerprint density at radius 1 is 1.52 bits per heavy atom. The lowest BCUT2D eigenvalue weighted by molar-refractivity contribution is 0.648. The molecular weight excluding hydrogens is 354 g/mol. The number of anilines is 1. The van der Waals surface area contributed by atoms with Gasteiger partial charge < -0.3 is 5.32 Å². The molecule has 0 aliphatic carbocycles. The second-order valence-electron chi connectivity index (χ2n) is 4.54. The molecule has 1 aromatic heterocycles. The molecule has 0 spiro atoms. The second kappa shape index (κ2) is 6.91. The summed E-state index contributed by atoms with van der Waals surface area (Å²) in [4.78, 5) is 12.1. The number of nitrogens with zero attached hydrogens (tertiary/aromatic N) is 2. The van der Waals surface area contributed by atoms with Crippen LogP contribution >= 0.6 is 27.5 Å². The zero-order valence-corrected chi connectivity index (χ0v) is 13.9. The molecule has 0 amide bonds. The third-order valence-electron chi connectivity index (χ3n) is 3.03. The van der Waals surface area contributed by atoms with Crippen LogP contribution in [0, 0.1) is 0 Å². The molecule has 2 rings (SSSR count). The summed E-state index contributed by atoms with van der Waals surface area (Å²) in [5.41, 5.74) is 1.39. The van der Waals surface area contributed by atoms with E-state index in [4.69, 9.17) is 11.6 Å². The number of halogens is 2. The average molecular weight is 369 g/mol. The lowest BCUT2D eigenvalue weighted by Crippen LogP contribution is -2.24. The van der Waals surface area contributed by atoms with Crippen molar-refractivity contribution in [3.05, 3.63) is 68.5 Å².